The van der Waals surface area contributed by atoms with Crippen molar-refractivity contribution in [1.29, 1.82) is 0 Å². The molecule has 21 heavy (non-hydrogen) atoms. The van der Waals surface area contributed by atoms with E-state index in [1.54, 1.807) is 14.2 Å². The van der Waals surface area contributed by atoms with Crippen LogP contribution >= 0.6 is 0 Å². The Balaban J connectivity index is 2.57. The lowest BCUT2D eigenvalue weighted by Crippen LogP contribution is -2.29. The highest BCUT2D eigenvalue weighted by atomic mass is 16.5. The van der Waals surface area contributed by atoms with E-state index < -0.39 is 0 Å². The monoisotopic (exact) mass is 286 g/mol. The fourth-order valence-corrected chi connectivity index (χ4v) is 2.48. The summed E-state index contributed by atoms with van der Waals surface area (Å²) in [6.07, 6.45) is 0. The van der Waals surface area contributed by atoms with Crippen molar-refractivity contribution in [2.75, 3.05) is 14.2 Å². The Morgan fingerprint density at radius 3 is 2.10 bits per heavy atom. The largest absolute Gasteiger partial charge is 0.496 e. The molecule has 0 heterocycles. The van der Waals surface area contributed by atoms with E-state index in [0.29, 0.717) is 0 Å². The van der Waals surface area contributed by atoms with Crippen molar-refractivity contribution in [3.05, 3.63) is 58.7 Å². The van der Waals surface area contributed by atoms with Crippen molar-refractivity contribution in [3.63, 3.8) is 0 Å². The van der Waals surface area contributed by atoms with Crippen LogP contribution in [0.15, 0.2) is 36.4 Å². The second-order valence-corrected chi connectivity index (χ2v) is 5.09. The second kappa shape index (κ2) is 6.61. The fourth-order valence-electron chi connectivity index (χ4n) is 2.48. The second-order valence-electron chi connectivity index (χ2n) is 5.09. The molecule has 4 heteroatoms. The van der Waals surface area contributed by atoms with E-state index in [-0.39, 0.29) is 6.04 Å². The summed E-state index contributed by atoms with van der Waals surface area (Å²) in [7, 11) is 3.33. The maximum absolute atomic E-state index is 5.81. The Hall–Kier alpha value is -2.04. The standard InChI is InChI=1S/C17H22N2O2/c1-11-6-8-15(20-3)14(9-11)17(19-18)13-7-5-12(2)10-16(13)21-4/h5-10,17,19H,18H2,1-4H3. The van der Waals surface area contributed by atoms with Gasteiger partial charge in [0.1, 0.15) is 11.5 Å². The fraction of sp³-hybridized carbons (Fsp3) is 0.294. The molecule has 0 aliphatic heterocycles. The molecule has 2 aromatic rings. The first-order chi connectivity index (χ1) is 10.1. The lowest BCUT2D eigenvalue weighted by Gasteiger charge is -2.22. The minimum atomic E-state index is -0.199. The maximum Gasteiger partial charge on any atom is 0.124 e. The summed E-state index contributed by atoms with van der Waals surface area (Å²) in [6.45, 7) is 4.08. The number of nitrogens with two attached hydrogens (primary N) is 1. The minimum Gasteiger partial charge on any atom is -0.496 e. The van der Waals surface area contributed by atoms with Gasteiger partial charge in [-0.3, -0.25) is 5.84 Å². The molecule has 3 N–H and O–H groups in total. The summed E-state index contributed by atoms with van der Waals surface area (Å²) in [6, 6.07) is 11.9. The van der Waals surface area contributed by atoms with Crippen LogP contribution in [-0.4, -0.2) is 14.2 Å². The first-order valence-electron chi connectivity index (χ1n) is 6.86. The van der Waals surface area contributed by atoms with Crippen LogP contribution in [0.25, 0.3) is 0 Å². The van der Waals surface area contributed by atoms with Crippen LogP contribution in [0.3, 0.4) is 0 Å². The first kappa shape index (κ1) is 15.4. The molecular formula is C17H22N2O2. The molecule has 0 fully saturated rings. The number of aryl methyl sites for hydroxylation is 2. The Labute approximate surface area is 125 Å². The quantitative estimate of drug-likeness (QED) is 0.655. The van der Waals surface area contributed by atoms with Crippen molar-refractivity contribution in [1.82, 2.24) is 5.43 Å². The number of ether oxygens (including phenoxy) is 2. The SMILES string of the molecule is COc1cc(C)ccc1C(NN)c1cc(C)ccc1OC. The molecule has 0 spiro atoms. The zero-order chi connectivity index (χ0) is 15.4. The van der Waals surface area contributed by atoms with Crippen molar-refractivity contribution >= 4 is 0 Å². The van der Waals surface area contributed by atoms with E-state index in [1.165, 1.54) is 0 Å². The highest BCUT2D eigenvalue weighted by Gasteiger charge is 2.20. The van der Waals surface area contributed by atoms with E-state index in [2.05, 4.69) is 11.5 Å². The van der Waals surface area contributed by atoms with Gasteiger partial charge in [0, 0.05) is 11.1 Å². The lowest BCUT2D eigenvalue weighted by molar-refractivity contribution is 0.394. The molecule has 4 nitrogen and oxygen atoms in total. The van der Waals surface area contributed by atoms with Gasteiger partial charge in [-0.1, -0.05) is 29.8 Å². The smallest absolute Gasteiger partial charge is 0.124 e. The van der Waals surface area contributed by atoms with Gasteiger partial charge < -0.3 is 9.47 Å². The summed E-state index contributed by atoms with van der Waals surface area (Å²) in [5, 5.41) is 0. The van der Waals surface area contributed by atoms with Gasteiger partial charge in [0.2, 0.25) is 0 Å². The third kappa shape index (κ3) is 3.17. The average Bonchev–Trinajstić information content (AvgIpc) is 2.49. The number of rotatable bonds is 5. The molecule has 0 aliphatic carbocycles. The third-order valence-electron chi connectivity index (χ3n) is 3.56. The van der Waals surface area contributed by atoms with Crippen molar-refractivity contribution in [2.24, 2.45) is 5.84 Å². The molecule has 112 valence electrons. The minimum absolute atomic E-state index is 0.199. The van der Waals surface area contributed by atoms with Crippen LogP contribution in [0.4, 0.5) is 0 Å². The number of methoxy groups -OCH3 is 2. The van der Waals surface area contributed by atoms with E-state index >= 15 is 0 Å². The highest BCUT2D eigenvalue weighted by Crippen LogP contribution is 2.35. The molecule has 0 radical (unpaired) electrons. The molecule has 0 amide bonds. The number of hydrazine groups is 1. The lowest BCUT2D eigenvalue weighted by atomic mass is 9.95. The van der Waals surface area contributed by atoms with Gasteiger partial charge in [-0.25, -0.2) is 5.43 Å². The van der Waals surface area contributed by atoms with Gasteiger partial charge in [0.15, 0.2) is 0 Å². The van der Waals surface area contributed by atoms with Gasteiger partial charge in [-0.15, -0.1) is 0 Å². The van der Waals surface area contributed by atoms with Gasteiger partial charge >= 0.3 is 0 Å². The Bertz CT molecular complexity index is 626. The highest BCUT2D eigenvalue weighted by molar-refractivity contribution is 5.48. The summed E-state index contributed by atoms with van der Waals surface area (Å²) in [5.41, 5.74) is 7.13. The molecule has 1 atom stereocenters. The first-order valence-corrected chi connectivity index (χ1v) is 6.86. The number of hydrogen-bond acceptors (Lipinski definition) is 4. The number of benzene rings is 2. The van der Waals surface area contributed by atoms with Gasteiger partial charge in [0.25, 0.3) is 0 Å². The third-order valence-corrected chi connectivity index (χ3v) is 3.56. The van der Waals surface area contributed by atoms with Crippen LogP contribution in [0.2, 0.25) is 0 Å². The van der Waals surface area contributed by atoms with Gasteiger partial charge in [-0.05, 0) is 31.5 Å². The van der Waals surface area contributed by atoms with Crippen molar-refractivity contribution < 1.29 is 9.47 Å². The molecule has 0 aliphatic rings. The van der Waals surface area contributed by atoms with Gasteiger partial charge in [-0.2, -0.15) is 0 Å². The average molecular weight is 286 g/mol. The summed E-state index contributed by atoms with van der Waals surface area (Å²) in [5.74, 6) is 7.42. The van der Waals surface area contributed by atoms with Crippen LogP contribution in [-0.2, 0) is 0 Å². The predicted molar refractivity (Wildman–Crippen MR) is 84.6 cm³/mol. The zero-order valence-electron chi connectivity index (χ0n) is 12.9. The number of nitrogens with one attached hydrogen (secondary N) is 1. The molecule has 2 aromatic carbocycles. The van der Waals surface area contributed by atoms with Crippen molar-refractivity contribution in [3.8, 4) is 11.5 Å². The summed E-state index contributed by atoms with van der Waals surface area (Å²) >= 11 is 0. The summed E-state index contributed by atoms with van der Waals surface area (Å²) in [4.78, 5) is 0. The predicted octanol–water partition coefficient (Wildman–Crippen LogP) is 2.87. The number of hydrogen-bond donors (Lipinski definition) is 2. The molecular weight excluding hydrogens is 264 g/mol. The van der Waals surface area contributed by atoms with E-state index in [0.717, 1.165) is 33.8 Å². The maximum atomic E-state index is 5.81. The molecule has 0 aromatic heterocycles. The molecule has 0 saturated carbocycles. The van der Waals surface area contributed by atoms with Crippen LogP contribution in [0.5, 0.6) is 11.5 Å². The van der Waals surface area contributed by atoms with Crippen LogP contribution in [0, 0.1) is 13.8 Å². The Kier molecular flexibility index (Phi) is 4.83. The zero-order valence-corrected chi connectivity index (χ0v) is 12.9. The molecule has 0 saturated heterocycles. The normalized spacial score (nSPS) is 12.0. The Morgan fingerprint density at radius 1 is 0.857 bits per heavy atom. The topological polar surface area (TPSA) is 56.5 Å². The van der Waals surface area contributed by atoms with E-state index in [4.69, 9.17) is 15.3 Å². The van der Waals surface area contributed by atoms with Crippen molar-refractivity contribution in [2.45, 2.75) is 19.9 Å². The van der Waals surface area contributed by atoms with Crippen LogP contribution < -0.4 is 20.7 Å². The van der Waals surface area contributed by atoms with E-state index in [1.807, 2.05) is 44.2 Å². The van der Waals surface area contributed by atoms with Crippen LogP contribution in [0.1, 0.15) is 28.3 Å². The molecule has 2 rings (SSSR count). The molecule has 1 unspecified atom stereocenters. The van der Waals surface area contributed by atoms with E-state index in [9.17, 15) is 0 Å². The van der Waals surface area contributed by atoms with Gasteiger partial charge in [0.05, 0.1) is 20.3 Å². The molecule has 0 bridgehead atoms. The Morgan fingerprint density at radius 2 is 1.48 bits per heavy atom. The summed E-state index contributed by atoms with van der Waals surface area (Å²) < 4.78 is 11.0.